The molecule has 0 radical (unpaired) electrons. The summed E-state index contributed by atoms with van der Waals surface area (Å²) in [5.74, 6) is 0.899. The Morgan fingerprint density at radius 2 is 1.92 bits per heavy atom. The molecular formula is C20H31NO4. The van der Waals surface area contributed by atoms with Crippen LogP contribution in [0.15, 0.2) is 36.4 Å². The maximum Gasteiger partial charge on any atom is 0.249 e. The molecule has 0 N–H and O–H groups in total. The SMILES string of the molecule is C/C=C/[C@H](C)[C@H](CCCOCc1ccc(OC)cc1)C(=O)N(C)OC. The third kappa shape index (κ3) is 7.28. The summed E-state index contributed by atoms with van der Waals surface area (Å²) >= 11 is 0. The third-order valence-corrected chi connectivity index (χ3v) is 4.26. The first-order valence-corrected chi connectivity index (χ1v) is 8.68. The lowest BCUT2D eigenvalue weighted by molar-refractivity contribution is -0.175. The molecule has 0 saturated heterocycles. The zero-order chi connectivity index (χ0) is 18.7. The Morgan fingerprint density at radius 3 is 2.48 bits per heavy atom. The summed E-state index contributed by atoms with van der Waals surface area (Å²) in [6, 6.07) is 7.83. The summed E-state index contributed by atoms with van der Waals surface area (Å²) in [6.07, 6.45) is 5.63. The summed E-state index contributed by atoms with van der Waals surface area (Å²) in [5.41, 5.74) is 1.11. The lowest BCUT2D eigenvalue weighted by Crippen LogP contribution is -2.35. The van der Waals surface area contributed by atoms with Gasteiger partial charge in [-0.3, -0.25) is 9.63 Å². The van der Waals surface area contributed by atoms with Crippen molar-refractivity contribution in [3.05, 3.63) is 42.0 Å². The molecule has 0 aromatic heterocycles. The molecule has 0 bridgehead atoms. The van der Waals surface area contributed by atoms with Crippen molar-refractivity contribution in [2.24, 2.45) is 11.8 Å². The molecule has 1 aromatic rings. The van der Waals surface area contributed by atoms with Crippen molar-refractivity contribution < 1.29 is 19.1 Å². The minimum atomic E-state index is -0.106. The van der Waals surface area contributed by atoms with Crippen LogP contribution < -0.4 is 4.74 Å². The van der Waals surface area contributed by atoms with E-state index in [1.165, 1.54) is 12.2 Å². The highest BCUT2D eigenvalue weighted by Gasteiger charge is 2.26. The Morgan fingerprint density at radius 1 is 1.24 bits per heavy atom. The number of hydrogen-bond donors (Lipinski definition) is 0. The number of carbonyl (C=O) groups excluding carboxylic acids is 1. The van der Waals surface area contributed by atoms with Gasteiger partial charge in [-0.05, 0) is 43.4 Å². The van der Waals surface area contributed by atoms with Crippen LogP contribution in [-0.2, 0) is 21.0 Å². The van der Waals surface area contributed by atoms with Gasteiger partial charge in [0.05, 0.1) is 20.8 Å². The maximum atomic E-state index is 12.5. The fourth-order valence-electron chi connectivity index (χ4n) is 2.69. The molecule has 0 aliphatic heterocycles. The van der Waals surface area contributed by atoms with Crippen molar-refractivity contribution >= 4 is 5.91 Å². The van der Waals surface area contributed by atoms with E-state index in [0.29, 0.717) is 13.2 Å². The van der Waals surface area contributed by atoms with E-state index in [9.17, 15) is 4.79 Å². The van der Waals surface area contributed by atoms with Gasteiger partial charge >= 0.3 is 0 Å². The first kappa shape index (κ1) is 21.2. The number of ether oxygens (including phenoxy) is 2. The van der Waals surface area contributed by atoms with Gasteiger partial charge in [0, 0.05) is 19.6 Å². The monoisotopic (exact) mass is 349 g/mol. The molecule has 0 unspecified atom stereocenters. The predicted molar refractivity (Wildman–Crippen MR) is 99.1 cm³/mol. The summed E-state index contributed by atoms with van der Waals surface area (Å²) in [6.45, 7) is 5.21. The number of rotatable bonds is 11. The molecule has 25 heavy (non-hydrogen) atoms. The zero-order valence-corrected chi connectivity index (χ0v) is 16.0. The summed E-state index contributed by atoms with van der Waals surface area (Å²) < 4.78 is 10.9. The predicted octanol–water partition coefficient (Wildman–Crippen LogP) is 3.84. The van der Waals surface area contributed by atoms with Gasteiger partial charge in [0.1, 0.15) is 5.75 Å². The Labute approximate surface area is 151 Å². The van der Waals surface area contributed by atoms with Crippen LogP contribution in [-0.4, -0.2) is 38.8 Å². The maximum absolute atomic E-state index is 12.5. The standard InChI is InChI=1S/C20H31NO4/c1-6-8-16(2)19(20(22)21(3)24-5)9-7-14-25-15-17-10-12-18(23-4)13-11-17/h6,8,10-13,16,19H,7,9,14-15H2,1-5H3/b8-6+/t16-,19-/m0/s1. The van der Waals surface area contributed by atoms with Gasteiger partial charge in [-0.15, -0.1) is 0 Å². The van der Waals surface area contributed by atoms with E-state index in [-0.39, 0.29) is 17.7 Å². The van der Waals surface area contributed by atoms with Crippen LogP contribution in [0, 0.1) is 11.8 Å². The molecule has 1 amide bonds. The number of methoxy groups -OCH3 is 1. The number of nitrogens with zero attached hydrogens (tertiary/aromatic N) is 1. The molecule has 0 fully saturated rings. The van der Waals surface area contributed by atoms with Gasteiger partial charge in [0.25, 0.3) is 0 Å². The highest BCUT2D eigenvalue weighted by Crippen LogP contribution is 2.22. The van der Waals surface area contributed by atoms with Gasteiger partial charge in [0.2, 0.25) is 5.91 Å². The molecule has 1 rings (SSSR count). The normalized spacial score (nSPS) is 13.6. The van der Waals surface area contributed by atoms with Gasteiger partial charge in [0.15, 0.2) is 0 Å². The average molecular weight is 349 g/mol. The third-order valence-electron chi connectivity index (χ3n) is 4.26. The van der Waals surface area contributed by atoms with Crippen LogP contribution in [0.1, 0.15) is 32.3 Å². The Balaban J connectivity index is 2.43. The molecule has 5 nitrogen and oxygen atoms in total. The second-order valence-electron chi connectivity index (χ2n) is 6.05. The smallest absolute Gasteiger partial charge is 0.249 e. The van der Waals surface area contributed by atoms with E-state index in [0.717, 1.165) is 24.2 Å². The summed E-state index contributed by atoms with van der Waals surface area (Å²) in [5, 5.41) is 1.31. The van der Waals surface area contributed by atoms with Gasteiger partial charge < -0.3 is 9.47 Å². The van der Waals surface area contributed by atoms with Crippen LogP contribution in [0.2, 0.25) is 0 Å². The van der Waals surface area contributed by atoms with Crippen molar-refractivity contribution in [2.75, 3.05) is 27.9 Å². The van der Waals surface area contributed by atoms with Gasteiger partial charge in [-0.2, -0.15) is 0 Å². The van der Waals surface area contributed by atoms with Crippen molar-refractivity contribution in [1.82, 2.24) is 5.06 Å². The molecule has 0 aliphatic rings. The molecule has 5 heteroatoms. The molecule has 140 valence electrons. The number of carbonyl (C=O) groups is 1. The van der Waals surface area contributed by atoms with E-state index in [1.807, 2.05) is 37.3 Å². The highest BCUT2D eigenvalue weighted by atomic mass is 16.7. The fraction of sp³-hybridized carbons (Fsp3) is 0.550. The molecule has 0 spiro atoms. The molecule has 2 atom stereocenters. The van der Waals surface area contributed by atoms with E-state index in [2.05, 4.69) is 13.0 Å². The number of hydroxylamine groups is 2. The number of allylic oxidation sites excluding steroid dienone is 2. The minimum absolute atomic E-state index is 0.00301. The van der Waals surface area contributed by atoms with Crippen molar-refractivity contribution in [3.8, 4) is 5.75 Å². The zero-order valence-electron chi connectivity index (χ0n) is 16.0. The van der Waals surface area contributed by atoms with Gasteiger partial charge in [-0.1, -0.05) is 31.2 Å². The molecule has 1 aromatic carbocycles. The van der Waals surface area contributed by atoms with E-state index in [1.54, 1.807) is 14.2 Å². The van der Waals surface area contributed by atoms with Crippen molar-refractivity contribution in [3.63, 3.8) is 0 Å². The molecule has 0 saturated carbocycles. The number of benzene rings is 1. The summed E-state index contributed by atoms with van der Waals surface area (Å²) in [7, 11) is 4.81. The molecule has 0 aliphatic carbocycles. The average Bonchev–Trinajstić information content (AvgIpc) is 2.64. The van der Waals surface area contributed by atoms with Crippen molar-refractivity contribution in [1.29, 1.82) is 0 Å². The number of amides is 1. The Kier molecular flexibility index (Phi) is 9.88. The largest absolute Gasteiger partial charge is 0.497 e. The van der Waals surface area contributed by atoms with Crippen LogP contribution in [0.25, 0.3) is 0 Å². The second kappa shape index (κ2) is 11.7. The van der Waals surface area contributed by atoms with Crippen LogP contribution in [0.3, 0.4) is 0 Å². The summed E-state index contributed by atoms with van der Waals surface area (Å²) in [4.78, 5) is 17.5. The van der Waals surface area contributed by atoms with Crippen LogP contribution >= 0.6 is 0 Å². The first-order valence-electron chi connectivity index (χ1n) is 8.68. The Bertz CT molecular complexity index is 527. The molecule has 0 heterocycles. The van der Waals surface area contributed by atoms with E-state index in [4.69, 9.17) is 14.3 Å². The Hall–Kier alpha value is -1.85. The molecular weight excluding hydrogens is 318 g/mol. The van der Waals surface area contributed by atoms with Gasteiger partial charge in [-0.25, -0.2) is 5.06 Å². The van der Waals surface area contributed by atoms with Crippen LogP contribution in [0.4, 0.5) is 0 Å². The van der Waals surface area contributed by atoms with Crippen molar-refractivity contribution in [2.45, 2.75) is 33.3 Å². The quantitative estimate of drug-likeness (QED) is 0.346. The highest BCUT2D eigenvalue weighted by molar-refractivity contribution is 5.78. The fourth-order valence-corrected chi connectivity index (χ4v) is 2.69. The van der Waals surface area contributed by atoms with Crippen LogP contribution in [0.5, 0.6) is 5.75 Å². The second-order valence-corrected chi connectivity index (χ2v) is 6.05. The van der Waals surface area contributed by atoms with E-state index >= 15 is 0 Å². The lowest BCUT2D eigenvalue weighted by atomic mass is 9.88. The number of hydrogen-bond acceptors (Lipinski definition) is 4. The topological polar surface area (TPSA) is 48.0 Å². The lowest BCUT2D eigenvalue weighted by Gasteiger charge is -2.25. The van der Waals surface area contributed by atoms with E-state index < -0.39 is 0 Å². The first-order chi connectivity index (χ1) is 12.0. The minimum Gasteiger partial charge on any atom is -0.497 e.